The van der Waals surface area contributed by atoms with Crippen LogP contribution in [-0.2, 0) is 0 Å². The van der Waals surface area contributed by atoms with Crippen molar-refractivity contribution in [3.05, 3.63) is 79.3 Å². The Balaban J connectivity index is 1.92. The molecule has 0 bridgehead atoms. The summed E-state index contributed by atoms with van der Waals surface area (Å²) >= 11 is 0. The monoisotopic (exact) mass is 329 g/mol. The Hall–Kier alpha value is -3.53. The van der Waals surface area contributed by atoms with E-state index in [1.807, 2.05) is 42.5 Å². The van der Waals surface area contributed by atoms with E-state index < -0.39 is 0 Å². The lowest BCUT2D eigenvalue weighted by Crippen LogP contribution is -1.91. The predicted octanol–water partition coefficient (Wildman–Crippen LogP) is 5.09. The second kappa shape index (κ2) is 6.17. The number of hydrogen-bond acceptors (Lipinski definition) is 4. The summed E-state index contributed by atoms with van der Waals surface area (Å²) in [6.07, 6.45) is 3.29. The molecule has 4 heteroatoms. The van der Waals surface area contributed by atoms with Crippen LogP contribution in [0.25, 0.3) is 33.6 Å². The molecule has 122 valence electrons. The van der Waals surface area contributed by atoms with E-state index in [1.54, 1.807) is 36.8 Å². The van der Waals surface area contributed by atoms with Gasteiger partial charge in [0.15, 0.2) is 0 Å². The van der Waals surface area contributed by atoms with Gasteiger partial charge in [-0.25, -0.2) is 4.98 Å². The highest BCUT2D eigenvalue weighted by Crippen LogP contribution is 2.34. The number of para-hydroxylation sites is 1. The standard InChI is InChI=1S/C21H15NO3/c23-17-7-5-14(6-8-17)19-11-16(15-9-10-25-13-15)12-20(22-19)18-3-1-2-4-21(18)24/h1-13,23-24H. The van der Waals surface area contributed by atoms with Gasteiger partial charge in [-0.1, -0.05) is 12.1 Å². The van der Waals surface area contributed by atoms with Crippen molar-refractivity contribution in [2.45, 2.75) is 0 Å². The van der Waals surface area contributed by atoms with Crippen LogP contribution in [0.15, 0.2) is 83.7 Å². The maximum Gasteiger partial charge on any atom is 0.124 e. The van der Waals surface area contributed by atoms with Gasteiger partial charge in [0.25, 0.3) is 0 Å². The number of aromatic nitrogens is 1. The fraction of sp³-hybridized carbons (Fsp3) is 0. The van der Waals surface area contributed by atoms with Crippen LogP contribution < -0.4 is 0 Å². The third-order valence-electron chi connectivity index (χ3n) is 4.02. The molecule has 0 spiro atoms. The van der Waals surface area contributed by atoms with E-state index in [0.29, 0.717) is 11.3 Å². The Bertz CT molecular complexity index is 1010. The summed E-state index contributed by atoms with van der Waals surface area (Å²) in [7, 11) is 0. The first-order valence-electron chi connectivity index (χ1n) is 7.83. The summed E-state index contributed by atoms with van der Waals surface area (Å²) in [5, 5.41) is 19.7. The summed E-state index contributed by atoms with van der Waals surface area (Å²) in [4.78, 5) is 4.70. The predicted molar refractivity (Wildman–Crippen MR) is 96.1 cm³/mol. The number of nitrogens with zero attached hydrogens (tertiary/aromatic N) is 1. The molecule has 2 aromatic heterocycles. The smallest absolute Gasteiger partial charge is 0.124 e. The minimum absolute atomic E-state index is 0.177. The van der Waals surface area contributed by atoms with Crippen LogP contribution in [0.3, 0.4) is 0 Å². The molecule has 0 saturated carbocycles. The molecule has 0 fully saturated rings. The lowest BCUT2D eigenvalue weighted by atomic mass is 10.0. The van der Waals surface area contributed by atoms with Gasteiger partial charge in [0.05, 0.1) is 23.9 Å². The van der Waals surface area contributed by atoms with Crippen LogP contribution in [0.5, 0.6) is 11.5 Å². The molecular weight excluding hydrogens is 314 g/mol. The average Bonchev–Trinajstić information content (AvgIpc) is 3.17. The largest absolute Gasteiger partial charge is 0.508 e. The van der Waals surface area contributed by atoms with Gasteiger partial charge >= 0.3 is 0 Å². The topological polar surface area (TPSA) is 66.5 Å². The Morgan fingerprint density at radius 1 is 0.720 bits per heavy atom. The Morgan fingerprint density at radius 2 is 1.48 bits per heavy atom. The highest BCUT2D eigenvalue weighted by molar-refractivity contribution is 5.78. The van der Waals surface area contributed by atoms with Crippen molar-refractivity contribution in [3.63, 3.8) is 0 Å². The van der Waals surface area contributed by atoms with Gasteiger partial charge in [0.1, 0.15) is 11.5 Å². The second-order valence-corrected chi connectivity index (χ2v) is 5.70. The fourth-order valence-electron chi connectivity index (χ4n) is 2.73. The number of phenols is 2. The fourth-order valence-corrected chi connectivity index (χ4v) is 2.73. The van der Waals surface area contributed by atoms with Crippen molar-refractivity contribution >= 4 is 0 Å². The molecule has 2 aromatic carbocycles. The van der Waals surface area contributed by atoms with Gasteiger partial charge < -0.3 is 14.6 Å². The highest BCUT2D eigenvalue weighted by Gasteiger charge is 2.11. The van der Waals surface area contributed by atoms with E-state index >= 15 is 0 Å². The first kappa shape index (κ1) is 15.0. The SMILES string of the molecule is Oc1ccc(-c2cc(-c3ccoc3)cc(-c3ccccc3O)n2)cc1. The molecule has 4 rings (SSSR count). The molecule has 0 radical (unpaired) electrons. The molecule has 0 amide bonds. The number of aromatic hydroxyl groups is 2. The maximum atomic E-state index is 10.2. The van der Waals surface area contributed by atoms with E-state index in [4.69, 9.17) is 9.40 Å². The van der Waals surface area contributed by atoms with Gasteiger partial charge in [-0.15, -0.1) is 0 Å². The highest BCUT2D eigenvalue weighted by atomic mass is 16.3. The zero-order chi connectivity index (χ0) is 17.2. The summed E-state index contributed by atoms with van der Waals surface area (Å²) in [5.41, 5.74) is 4.81. The second-order valence-electron chi connectivity index (χ2n) is 5.70. The van der Waals surface area contributed by atoms with Crippen LogP contribution in [-0.4, -0.2) is 15.2 Å². The molecule has 0 aliphatic carbocycles. The summed E-state index contributed by atoms with van der Waals surface area (Å²) in [5.74, 6) is 0.381. The lowest BCUT2D eigenvalue weighted by molar-refractivity contribution is 0.475. The van der Waals surface area contributed by atoms with Crippen molar-refractivity contribution in [2.75, 3.05) is 0 Å². The van der Waals surface area contributed by atoms with Crippen molar-refractivity contribution in [2.24, 2.45) is 0 Å². The average molecular weight is 329 g/mol. The van der Waals surface area contributed by atoms with Gasteiger partial charge in [-0.05, 0) is 60.2 Å². The molecule has 4 aromatic rings. The van der Waals surface area contributed by atoms with E-state index in [9.17, 15) is 10.2 Å². The Kier molecular flexibility index (Phi) is 3.71. The summed E-state index contributed by atoms with van der Waals surface area (Å²) < 4.78 is 5.20. The van der Waals surface area contributed by atoms with Gasteiger partial charge in [-0.3, -0.25) is 0 Å². The molecule has 25 heavy (non-hydrogen) atoms. The van der Waals surface area contributed by atoms with Crippen molar-refractivity contribution in [1.82, 2.24) is 4.98 Å². The minimum Gasteiger partial charge on any atom is -0.508 e. The molecule has 2 heterocycles. The van der Waals surface area contributed by atoms with Crippen molar-refractivity contribution in [3.8, 4) is 45.1 Å². The molecule has 0 atom stereocenters. The van der Waals surface area contributed by atoms with Crippen LogP contribution in [0, 0.1) is 0 Å². The van der Waals surface area contributed by atoms with Gasteiger partial charge in [-0.2, -0.15) is 0 Å². The number of pyridine rings is 1. The zero-order valence-corrected chi connectivity index (χ0v) is 13.3. The van der Waals surface area contributed by atoms with Crippen LogP contribution in [0.4, 0.5) is 0 Å². The molecule has 2 N–H and O–H groups in total. The number of benzene rings is 2. The molecule has 0 unspecified atom stereocenters. The minimum atomic E-state index is 0.177. The molecule has 4 nitrogen and oxygen atoms in total. The summed E-state index contributed by atoms with van der Waals surface area (Å²) in [6.45, 7) is 0. The lowest BCUT2D eigenvalue weighted by Gasteiger charge is -2.10. The van der Waals surface area contributed by atoms with E-state index in [0.717, 1.165) is 22.4 Å². The molecule has 0 aliphatic rings. The van der Waals surface area contributed by atoms with Crippen LogP contribution >= 0.6 is 0 Å². The molecule has 0 saturated heterocycles. The van der Waals surface area contributed by atoms with Crippen LogP contribution in [0.1, 0.15) is 0 Å². The third kappa shape index (κ3) is 2.97. The normalized spacial score (nSPS) is 10.7. The van der Waals surface area contributed by atoms with Crippen molar-refractivity contribution in [1.29, 1.82) is 0 Å². The number of phenolic OH excluding ortho intramolecular Hbond substituents is 2. The quantitative estimate of drug-likeness (QED) is 0.549. The first-order chi connectivity index (χ1) is 12.2. The van der Waals surface area contributed by atoms with E-state index in [-0.39, 0.29) is 11.5 Å². The number of furan rings is 1. The van der Waals surface area contributed by atoms with E-state index in [2.05, 4.69) is 0 Å². The van der Waals surface area contributed by atoms with Gasteiger partial charge in [0.2, 0.25) is 0 Å². The first-order valence-corrected chi connectivity index (χ1v) is 7.83. The van der Waals surface area contributed by atoms with Gasteiger partial charge in [0, 0.05) is 16.7 Å². The number of hydrogen-bond donors (Lipinski definition) is 2. The van der Waals surface area contributed by atoms with E-state index in [1.165, 1.54) is 0 Å². The third-order valence-corrected chi connectivity index (χ3v) is 4.02. The number of rotatable bonds is 3. The Labute approximate surface area is 144 Å². The maximum absolute atomic E-state index is 10.2. The summed E-state index contributed by atoms with van der Waals surface area (Å²) in [6, 6.07) is 19.7. The molecular formula is C21H15NO3. The van der Waals surface area contributed by atoms with Crippen LogP contribution in [0.2, 0.25) is 0 Å². The van der Waals surface area contributed by atoms with Crippen molar-refractivity contribution < 1.29 is 14.6 Å². The zero-order valence-electron chi connectivity index (χ0n) is 13.3. The molecule has 0 aliphatic heterocycles. The Morgan fingerprint density at radius 3 is 2.20 bits per heavy atom.